The summed E-state index contributed by atoms with van der Waals surface area (Å²) in [5.41, 5.74) is 2.32. The molecule has 0 aromatic heterocycles. The van der Waals surface area contributed by atoms with Crippen molar-refractivity contribution in [1.82, 2.24) is 14.7 Å². The number of imide groups is 1. The summed E-state index contributed by atoms with van der Waals surface area (Å²) in [4.78, 5) is 44.6. The lowest BCUT2D eigenvalue weighted by molar-refractivity contribution is -0.140. The number of hydrogen-bond donors (Lipinski definition) is 2. The van der Waals surface area contributed by atoms with Crippen molar-refractivity contribution in [2.24, 2.45) is 0 Å². The zero-order chi connectivity index (χ0) is 23.4. The average Bonchev–Trinajstić information content (AvgIpc) is 2.95. The zero-order valence-electron chi connectivity index (χ0n) is 19.4. The van der Waals surface area contributed by atoms with Gasteiger partial charge in [-0.1, -0.05) is 37.8 Å². The van der Waals surface area contributed by atoms with E-state index in [0.29, 0.717) is 42.2 Å². The lowest BCUT2D eigenvalue weighted by Crippen LogP contribution is -2.49. The molecule has 178 valence electrons. The molecule has 2 aliphatic heterocycles. The largest absolute Gasteiger partial charge is 0.395 e. The summed E-state index contributed by atoms with van der Waals surface area (Å²) in [6, 6.07) is 7.11. The van der Waals surface area contributed by atoms with Crippen molar-refractivity contribution >= 4 is 29.0 Å². The van der Waals surface area contributed by atoms with Gasteiger partial charge in [-0.3, -0.25) is 24.2 Å². The molecule has 2 heterocycles. The van der Waals surface area contributed by atoms with Gasteiger partial charge in [-0.05, 0) is 30.5 Å². The van der Waals surface area contributed by atoms with E-state index in [2.05, 4.69) is 10.2 Å². The number of carbonyl (C=O) groups is 3. The number of benzene rings is 1. The van der Waals surface area contributed by atoms with Gasteiger partial charge in [0, 0.05) is 51.4 Å². The molecule has 1 saturated heterocycles. The van der Waals surface area contributed by atoms with Crippen LogP contribution in [0.1, 0.15) is 51.0 Å². The van der Waals surface area contributed by atoms with Gasteiger partial charge in [0.25, 0.3) is 11.8 Å². The Balaban J connectivity index is 1.66. The van der Waals surface area contributed by atoms with Crippen molar-refractivity contribution in [2.75, 3.05) is 44.6 Å². The van der Waals surface area contributed by atoms with Gasteiger partial charge in [-0.2, -0.15) is 0 Å². The highest BCUT2D eigenvalue weighted by atomic mass is 16.3. The maximum Gasteiger partial charge on any atom is 0.278 e. The van der Waals surface area contributed by atoms with Crippen LogP contribution in [0.25, 0.3) is 5.57 Å². The standard InChI is InChI=1S/C25H34N4O4/c1-18(31)26-20-10-8-19(9-11-20)22-23(28-14-12-27(13-15-28)16-17-30)25(33)29(24(22)32)21-6-4-2-3-5-7-21/h8-11,21,30H,2-7,12-17H2,1H3,(H,26,31). The summed E-state index contributed by atoms with van der Waals surface area (Å²) in [6.07, 6.45) is 6.11. The third-order valence-electron chi connectivity index (χ3n) is 6.88. The van der Waals surface area contributed by atoms with Crippen molar-refractivity contribution in [3.63, 3.8) is 0 Å². The van der Waals surface area contributed by atoms with Crippen LogP contribution in [-0.2, 0) is 14.4 Å². The molecule has 0 radical (unpaired) electrons. The van der Waals surface area contributed by atoms with Gasteiger partial charge in [-0.25, -0.2) is 0 Å². The molecule has 1 aromatic rings. The molecular weight excluding hydrogens is 420 g/mol. The number of nitrogens with zero attached hydrogens (tertiary/aromatic N) is 3. The normalized spacial score (nSPS) is 21.0. The van der Waals surface area contributed by atoms with Gasteiger partial charge in [0.1, 0.15) is 5.70 Å². The van der Waals surface area contributed by atoms with Crippen molar-refractivity contribution in [2.45, 2.75) is 51.5 Å². The van der Waals surface area contributed by atoms with Crippen molar-refractivity contribution in [3.05, 3.63) is 35.5 Å². The maximum atomic E-state index is 13.7. The second-order valence-electron chi connectivity index (χ2n) is 9.16. The quantitative estimate of drug-likeness (QED) is 0.505. The molecule has 33 heavy (non-hydrogen) atoms. The minimum atomic E-state index is -0.202. The smallest absolute Gasteiger partial charge is 0.278 e. The fourth-order valence-electron chi connectivity index (χ4n) is 5.20. The molecule has 0 unspecified atom stereocenters. The molecule has 3 amide bonds. The number of anilines is 1. The molecule has 3 aliphatic rings. The van der Waals surface area contributed by atoms with Gasteiger partial charge in [0.05, 0.1) is 12.2 Å². The molecule has 1 saturated carbocycles. The topological polar surface area (TPSA) is 93.2 Å². The van der Waals surface area contributed by atoms with E-state index in [1.54, 1.807) is 12.1 Å². The van der Waals surface area contributed by atoms with E-state index in [1.807, 2.05) is 17.0 Å². The van der Waals surface area contributed by atoms with Crippen LogP contribution < -0.4 is 5.32 Å². The summed E-state index contributed by atoms with van der Waals surface area (Å²) in [5, 5.41) is 12.0. The maximum absolute atomic E-state index is 13.7. The number of β-amino-alcohol motifs (C(OH)–C–C–N with tert-alkyl or cyclic N) is 1. The Morgan fingerprint density at radius 3 is 2.18 bits per heavy atom. The summed E-state index contributed by atoms with van der Waals surface area (Å²) < 4.78 is 0. The molecule has 8 nitrogen and oxygen atoms in total. The van der Waals surface area contributed by atoms with E-state index in [0.717, 1.165) is 51.6 Å². The van der Waals surface area contributed by atoms with Crippen LogP contribution in [0.5, 0.6) is 0 Å². The second kappa shape index (κ2) is 10.5. The van der Waals surface area contributed by atoms with Gasteiger partial charge in [0.15, 0.2) is 0 Å². The summed E-state index contributed by atoms with van der Waals surface area (Å²) >= 11 is 0. The van der Waals surface area contributed by atoms with Crippen molar-refractivity contribution in [1.29, 1.82) is 0 Å². The molecule has 2 N–H and O–H groups in total. The Labute approximate surface area is 195 Å². The zero-order valence-corrected chi connectivity index (χ0v) is 19.4. The summed E-state index contributed by atoms with van der Waals surface area (Å²) in [7, 11) is 0. The molecular formula is C25H34N4O4. The van der Waals surface area contributed by atoms with E-state index >= 15 is 0 Å². The van der Waals surface area contributed by atoms with E-state index < -0.39 is 0 Å². The molecule has 4 rings (SSSR count). The molecule has 0 atom stereocenters. The fraction of sp³-hybridized carbons (Fsp3) is 0.560. The highest BCUT2D eigenvalue weighted by molar-refractivity contribution is 6.35. The number of rotatable bonds is 6. The molecule has 8 heteroatoms. The van der Waals surface area contributed by atoms with E-state index in [4.69, 9.17) is 0 Å². The fourth-order valence-corrected chi connectivity index (χ4v) is 5.20. The number of aliphatic hydroxyl groups excluding tert-OH is 1. The Kier molecular flexibility index (Phi) is 7.45. The monoisotopic (exact) mass is 454 g/mol. The van der Waals surface area contributed by atoms with E-state index in [9.17, 15) is 19.5 Å². The number of carbonyl (C=O) groups excluding carboxylic acids is 3. The lowest BCUT2D eigenvalue weighted by Gasteiger charge is -2.36. The van der Waals surface area contributed by atoms with Gasteiger partial charge in [0.2, 0.25) is 5.91 Å². The van der Waals surface area contributed by atoms with Crippen LogP contribution in [0.2, 0.25) is 0 Å². The van der Waals surface area contributed by atoms with Gasteiger partial charge < -0.3 is 15.3 Å². The highest BCUT2D eigenvalue weighted by Gasteiger charge is 2.45. The van der Waals surface area contributed by atoms with Crippen molar-refractivity contribution in [3.8, 4) is 0 Å². The summed E-state index contributed by atoms with van der Waals surface area (Å²) in [5.74, 6) is -0.537. The van der Waals surface area contributed by atoms with Crippen LogP contribution in [0, 0.1) is 0 Å². The first-order valence-electron chi connectivity index (χ1n) is 12.1. The number of piperazine rings is 1. The van der Waals surface area contributed by atoms with E-state index in [-0.39, 0.29) is 30.4 Å². The number of amides is 3. The average molecular weight is 455 g/mol. The molecule has 1 aliphatic carbocycles. The minimum Gasteiger partial charge on any atom is -0.395 e. The third kappa shape index (κ3) is 5.12. The van der Waals surface area contributed by atoms with Crippen LogP contribution in [-0.4, -0.2) is 82.9 Å². The number of hydrogen-bond acceptors (Lipinski definition) is 6. The molecule has 0 spiro atoms. The lowest BCUT2D eigenvalue weighted by atomic mass is 10.0. The van der Waals surface area contributed by atoms with Crippen LogP contribution in [0.3, 0.4) is 0 Å². The highest BCUT2D eigenvalue weighted by Crippen LogP contribution is 2.36. The van der Waals surface area contributed by atoms with Gasteiger partial charge in [-0.15, -0.1) is 0 Å². The molecule has 0 bridgehead atoms. The predicted octanol–water partition coefficient (Wildman–Crippen LogP) is 2.06. The third-order valence-corrected chi connectivity index (χ3v) is 6.88. The first-order valence-corrected chi connectivity index (χ1v) is 12.1. The second-order valence-corrected chi connectivity index (χ2v) is 9.16. The number of nitrogens with one attached hydrogen (secondary N) is 1. The Hall–Kier alpha value is -2.71. The van der Waals surface area contributed by atoms with Crippen LogP contribution in [0.4, 0.5) is 5.69 Å². The Bertz CT molecular complexity index is 911. The Morgan fingerprint density at radius 2 is 1.61 bits per heavy atom. The van der Waals surface area contributed by atoms with Crippen LogP contribution in [0.15, 0.2) is 30.0 Å². The van der Waals surface area contributed by atoms with Gasteiger partial charge >= 0.3 is 0 Å². The number of aliphatic hydroxyl groups is 1. The summed E-state index contributed by atoms with van der Waals surface area (Å²) in [6.45, 7) is 4.94. The molecule has 2 fully saturated rings. The first kappa shape index (κ1) is 23.4. The van der Waals surface area contributed by atoms with Crippen LogP contribution >= 0.6 is 0 Å². The van der Waals surface area contributed by atoms with E-state index in [1.165, 1.54) is 11.8 Å². The van der Waals surface area contributed by atoms with Crippen molar-refractivity contribution < 1.29 is 19.5 Å². The SMILES string of the molecule is CC(=O)Nc1ccc(C2=C(N3CCN(CCO)CC3)C(=O)N(C3CCCCCC3)C2=O)cc1. The first-order chi connectivity index (χ1) is 16.0. The predicted molar refractivity (Wildman–Crippen MR) is 126 cm³/mol. The minimum absolute atomic E-state index is 0.0469. The molecule has 1 aromatic carbocycles. The Morgan fingerprint density at radius 1 is 0.970 bits per heavy atom.